The fourth-order valence-electron chi connectivity index (χ4n) is 2.02. The average molecular weight is 189 g/mol. The van der Waals surface area contributed by atoms with Crippen LogP contribution in [0.2, 0.25) is 0 Å². The van der Waals surface area contributed by atoms with Crippen molar-refractivity contribution >= 4 is 6.21 Å². The molecule has 1 aromatic rings. The van der Waals surface area contributed by atoms with Gasteiger partial charge in [-0.05, 0) is 25.0 Å². The first kappa shape index (κ1) is 7.85. The van der Waals surface area contributed by atoms with Crippen LogP contribution in [-0.4, -0.2) is 19.6 Å². The van der Waals surface area contributed by atoms with Crippen LogP contribution in [0.15, 0.2) is 11.1 Å². The highest BCUT2D eigenvalue weighted by Gasteiger charge is 2.21. The Morgan fingerprint density at radius 3 is 3.21 bits per heavy atom. The molecule has 72 valence electrons. The van der Waals surface area contributed by atoms with E-state index in [1.807, 2.05) is 6.21 Å². The van der Waals surface area contributed by atoms with Gasteiger partial charge < -0.3 is 9.47 Å². The van der Waals surface area contributed by atoms with E-state index in [1.54, 1.807) is 0 Å². The Morgan fingerprint density at radius 2 is 2.29 bits per heavy atom. The highest BCUT2D eigenvalue weighted by molar-refractivity contribution is 5.87. The number of hydrogen-bond acceptors (Lipinski definition) is 3. The SMILES string of the molecule is Cc1c2c(cc3c1OCO3)CCN=C2. The maximum atomic E-state index is 5.41. The number of nitrogens with zero attached hydrogens (tertiary/aromatic N) is 1. The topological polar surface area (TPSA) is 30.8 Å². The lowest BCUT2D eigenvalue weighted by molar-refractivity contribution is 0.173. The average Bonchev–Trinajstić information content (AvgIpc) is 2.66. The Labute approximate surface area is 82.4 Å². The molecule has 14 heavy (non-hydrogen) atoms. The highest BCUT2D eigenvalue weighted by atomic mass is 16.7. The number of benzene rings is 1. The summed E-state index contributed by atoms with van der Waals surface area (Å²) in [6.45, 7) is 3.28. The zero-order valence-electron chi connectivity index (χ0n) is 8.04. The van der Waals surface area contributed by atoms with E-state index in [0.29, 0.717) is 6.79 Å². The van der Waals surface area contributed by atoms with Crippen molar-refractivity contribution in [2.45, 2.75) is 13.3 Å². The van der Waals surface area contributed by atoms with Crippen molar-refractivity contribution in [3.63, 3.8) is 0 Å². The van der Waals surface area contributed by atoms with E-state index in [1.165, 1.54) is 11.1 Å². The summed E-state index contributed by atoms with van der Waals surface area (Å²) in [7, 11) is 0. The van der Waals surface area contributed by atoms with Crippen molar-refractivity contribution in [2.24, 2.45) is 4.99 Å². The molecule has 0 aliphatic carbocycles. The van der Waals surface area contributed by atoms with Crippen LogP contribution in [-0.2, 0) is 6.42 Å². The van der Waals surface area contributed by atoms with Gasteiger partial charge in [0.05, 0.1) is 0 Å². The molecule has 1 aromatic carbocycles. The van der Waals surface area contributed by atoms with E-state index < -0.39 is 0 Å². The summed E-state index contributed by atoms with van der Waals surface area (Å²) >= 11 is 0. The third-order valence-corrected chi connectivity index (χ3v) is 2.77. The van der Waals surface area contributed by atoms with Gasteiger partial charge in [0.1, 0.15) is 0 Å². The van der Waals surface area contributed by atoms with Gasteiger partial charge in [-0.25, -0.2) is 0 Å². The number of rotatable bonds is 0. The van der Waals surface area contributed by atoms with Crippen LogP contribution in [0.4, 0.5) is 0 Å². The number of hydrogen-bond donors (Lipinski definition) is 0. The summed E-state index contributed by atoms with van der Waals surface area (Å²) in [6.07, 6.45) is 2.94. The van der Waals surface area contributed by atoms with Crippen molar-refractivity contribution in [1.29, 1.82) is 0 Å². The molecular weight excluding hydrogens is 178 g/mol. The van der Waals surface area contributed by atoms with Crippen LogP contribution in [0.1, 0.15) is 16.7 Å². The van der Waals surface area contributed by atoms with Crippen LogP contribution in [0, 0.1) is 6.92 Å². The second kappa shape index (κ2) is 2.74. The zero-order chi connectivity index (χ0) is 9.54. The molecule has 0 fully saturated rings. The monoisotopic (exact) mass is 189 g/mol. The van der Waals surface area contributed by atoms with Crippen molar-refractivity contribution in [1.82, 2.24) is 0 Å². The van der Waals surface area contributed by atoms with Crippen LogP contribution in [0.25, 0.3) is 0 Å². The molecule has 3 rings (SSSR count). The third-order valence-electron chi connectivity index (χ3n) is 2.77. The predicted molar refractivity (Wildman–Crippen MR) is 53.5 cm³/mol. The second-order valence-electron chi connectivity index (χ2n) is 3.59. The smallest absolute Gasteiger partial charge is 0.231 e. The Hall–Kier alpha value is -1.51. The summed E-state index contributed by atoms with van der Waals surface area (Å²) < 4.78 is 10.8. The number of aliphatic imine (C=N–C) groups is 1. The summed E-state index contributed by atoms with van der Waals surface area (Å²) in [5, 5.41) is 0. The summed E-state index contributed by atoms with van der Waals surface area (Å²) in [5.41, 5.74) is 3.68. The van der Waals surface area contributed by atoms with Crippen LogP contribution in [0.5, 0.6) is 11.5 Å². The predicted octanol–water partition coefficient (Wildman–Crippen LogP) is 1.70. The van der Waals surface area contributed by atoms with Gasteiger partial charge in [0.25, 0.3) is 0 Å². The lowest BCUT2D eigenvalue weighted by atomic mass is 9.97. The molecular formula is C11H11NO2. The highest BCUT2D eigenvalue weighted by Crippen LogP contribution is 2.39. The van der Waals surface area contributed by atoms with Gasteiger partial charge in [0.2, 0.25) is 6.79 Å². The molecule has 0 aromatic heterocycles. The first-order valence-electron chi connectivity index (χ1n) is 4.78. The quantitative estimate of drug-likeness (QED) is 0.622. The van der Waals surface area contributed by atoms with Crippen LogP contribution in [0.3, 0.4) is 0 Å². The molecule has 0 amide bonds. The second-order valence-corrected chi connectivity index (χ2v) is 3.59. The van der Waals surface area contributed by atoms with Gasteiger partial charge in [-0.1, -0.05) is 0 Å². The molecule has 0 saturated carbocycles. The van der Waals surface area contributed by atoms with Crippen molar-refractivity contribution in [3.8, 4) is 11.5 Å². The fourth-order valence-corrected chi connectivity index (χ4v) is 2.02. The normalized spacial score (nSPS) is 16.9. The minimum Gasteiger partial charge on any atom is -0.454 e. The Balaban J connectivity index is 2.26. The lowest BCUT2D eigenvalue weighted by Gasteiger charge is -2.14. The number of fused-ring (bicyclic) bond motifs is 2. The lowest BCUT2D eigenvalue weighted by Crippen LogP contribution is -2.05. The zero-order valence-corrected chi connectivity index (χ0v) is 8.04. The minimum atomic E-state index is 0.343. The first-order chi connectivity index (χ1) is 6.86. The summed E-state index contributed by atoms with van der Waals surface area (Å²) in [4.78, 5) is 4.28. The van der Waals surface area contributed by atoms with Crippen LogP contribution >= 0.6 is 0 Å². The molecule has 3 heteroatoms. The van der Waals surface area contributed by atoms with Gasteiger partial charge in [-0.3, -0.25) is 4.99 Å². The molecule has 0 unspecified atom stereocenters. The number of ether oxygens (including phenoxy) is 2. The Kier molecular flexibility index (Phi) is 1.54. The molecule has 0 atom stereocenters. The van der Waals surface area contributed by atoms with E-state index in [2.05, 4.69) is 18.0 Å². The van der Waals surface area contributed by atoms with Crippen LogP contribution < -0.4 is 9.47 Å². The van der Waals surface area contributed by atoms with Gasteiger partial charge in [0.15, 0.2) is 11.5 Å². The Morgan fingerprint density at radius 1 is 1.36 bits per heavy atom. The summed E-state index contributed by atoms with van der Waals surface area (Å²) in [6, 6.07) is 2.08. The van der Waals surface area contributed by atoms with Gasteiger partial charge in [-0.15, -0.1) is 0 Å². The van der Waals surface area contributed by atoms with Crippen molar-refractivity contribution < 1.29 is 9.47 Å². The maximum absolute atomic E-state index is 5.41. The third kappa shape index (κ3) is 0.953. The van der Waals surface area contributed by atoms with E-state index in [4.69, 9.17) is 9.47 Å². The Bertz CT molecular complexity index is 424. The molecule has 2 heterocycles. The minimum absolute atomic E-state index is 0.343. The molecule has 0 bridgehead atoms. The van der Waals surface area contributed by atoms with E-state index in [0.717, 1.165) is 30.0 Å². The van der Waals surface area contributed by atoms with E-state index in [9.17, 15) is 0 Å². The molecule has 0 spiro atoms. The van der Waals surface area contributed by atoms with Crippen molar-refractivity contribution in [3.05, 3.63) is 22.8 Å². The standard InChI is InChI=1S/C11H11NO2/c1-7-9-5-12-3-2-8(9)4-10-11(7)14-6-13-10/h4-5H,2-3,6H2,1H3. The first-order valence-corrected chi connectivity index (χ1v) is 4.78. The molecule has 3 nitrogen and oxygen atoms in total. The van der Waals surface area contributed by atoms with Crippen molar-refractivity contribution in [2.75, 3.05) is 13.3 Å². The molecule has 2 aliphatic rings. The summed E-state index contributed by atoms with van der Waals surface area (Å²) in [5.74, 6) is 1.77. The molecule has 2 aliphatic heterocycles. The molecule has 0 saturated heterocycles. The van der Waals surface area contributed by atoms with Gasteiger partial charge >= 0.3 is 0 Å². The fraction of sp³-hybridized carbons (Fsp3) is 0.364. The maximum Gasteiger partial charge on any atom is 0.231 e. The van der Waals surface area contributed by atoms with Gasteiger partial charge in [0, 0.05) is 23.9 Å². The van der Waals surface area contributed by atoms with Gasteiger partial charge in [-0.2, -0.15) is 0 Å². The molecule has 0 N–H and O–H groups in total. The van der Waals surface area contributed by atoms with E-state index in [-0.39, 0.29) is 0 Å². The molecule has 0 radical (unpaired) electrons. The largest absolute Gasteiger partial charge is 0.454 e. The van der Waals surface area contributed by atoms with E-state index >= 15 is 0 Å².